The van der Waals surface area contributed by atoms with Crippen LogP contribution in [0.15, 0.2) is 78.2 Å². The van der Waals surface area contributed by atoms with Gasteiger partial charge in [0.2, 0.25) is 0 Å². The molecular weight excluding hydrogens is 310 g/mol. The van der Waals surface area contributed by atoms with Crippen LogP contribution in [0.2, 0.25) is 0 Å². The summed E-state index contributed by atoms with van der Waals surface area (Å²) in [6, 6.07) is 19.7. The van der Waals surface area contributed by atoms with Crippen molar-refractivity contribution >= 4 is 11.6 Å². The van der Waals surface area contributed by atoms with Crippen molar-refractivity contribution in [3.8, 4) is 5.69 Å². The van der Waals surface area contributed by atoms with Crippen molar-refractivity contribution in [3.05, 3.63) is 89.7 Å². The Morgan fingerprint density at radius 1 is 0.920 bits per heavy atom. The van der Waals surface area contributed by atoms with E-state index >= 15 is 0 Å². The molecule has 0 radical (unpaired) electrons. The van der Waals surface area contributed by atoms with E-state index in [9.17, 15) is 4.79 Å². The number of fused-ring (bicyclic) bond motifs is 1. The van der Waals surface area contributed by atoms with E-state index in [4.69, 9.17) is 0 Å². The lowest BCUT2D eigenvalue weighted by molar-refractivity contribution is 0.0954. The van der Waals surface area contributed by atoms with Crippen molar-refractivity contribution in [3.63, 3.8) is 0 Å². The summed E-state index contributed by atoms with van der Waals surface area (Å²) >= 11 is 0. The highest BCUT2D eigenvalue weighted by Gasteiger charge is 2.16. The smallest absolute Gasteiger partial charge is 0.273 e. The average molecular weight is 329 g/mol. The molecule has 124 valence electrons. The molecular formula is C21H19N3O. The first kappa shape index (κ1) is 15.4. The molecule has 4 heteroatoms. The lowest BCUT2D eigenvalue weighted by Gasteiger charge is -2.17. The van der Waals surface area contributed by atoms with Gasteiger partial charge in [0.25, 0.3) is 5.91 Å². The van der Waals surface area contributed by atoms with Crippen LogP contribution >= 0.6 is 0 Å². The van der Waals surface area contributed by atoms with Crippen LogP contribution in [0.5, 0.6) is 0 Å². The molecule has 0 aliphatic heterocycles. The molecule has 0 atom stereocenters. The molecule has 0 bridgehead atoms. The number of hydrogen-bond donors (Lipinski definition) is 1. The van der Waals surface area contributed by atoms with Gasteiger partial charge in [0, 0.05) is 18.0 Å². The molecule has 0 unspecified atom stereocenters. The Morgan fingerprint density at radius 2 is 1.68 bits per heavy atom. The number of carbonyl (C=O) groups is 1. The van der Waals surface area contributed by atoms with E-state index in [0.29, 0.717) is 5.56 Å². The largest absolute Gasteiger partial charge is 0.323 e. The predicted molar refractivity (Wildman–Crippen MR) is 99.2 cm³/mol. The zero-order valence-corrected chi connectivity index (χ0v) is 13.9. The number of nitrogens with one attached hydrogen (secondary N) is 1. The maximum Gasteiger partial charge on any atom is 0.273 e. The van der Waals surface area contributed by atoms with Crippen LogP contribution in [-0.2, 0) is 6.42 Å². The second kappa shape index (κ2) is 6.77. The number of hydrazone groups is 1. The van der Waals surface area contributed by atoms with Crippen molar-refractivity contribution in [2.45, 2.75) is 19.3 Å². The fraction of sp³-hybridized carbons (Fsp3) is 0.143. The lowest BCUT2D eigenvalue weighted by Crippen LogP contribution is -2.23. The van der Waals surface area contributed by atoms with Crippen LogP contribution in [-0.4, -0.2) is 16.2 Å². The number of aryl methyl sites for hydroxylation is 1. The van der Waals surface area contributed by atoms with Crippen LogP contribution in [0, 0.1) is 0 Å². The van der Waals surface area contributed by atoms with E-state index in [0.717, 1.165) is 36.2 Å². The summed E-state index contributed by atoms with van der Waals surface area (Å²) in [5.74, 6) is -0.195. The standard InChI is InChI=1S/C21H19N3O/c25-21(18-11-3-4-13-20(18)24-14-5-6-15-24)23-22-19-12-7-9-16-8-1-2-10-17(16)19/h1-6,8,10-11,13-15H,7,9,12H2,(H,23,25)/b22-19-. The summed E-state index contributed by atoms with van der Waals surface area (Å²) in [6.45, 7) is 0. The molecule has 1 amide bonds. The first-order valence-electron chi connectivity index (χ1n) is 8.50. The van der Waals surface area contributed by atoms with Crippen molar-refractivity contribution < 1.29 is 4.79 Å². The van der Waals surface area contributed by atoms with E-state index < -0.39 is 0 Å². The topological polar surface area (TPSA) is 46.4 Å². The van der Waals surface area contributed by atoms with E-state index in [2.05, 4.69) is 22.7 Å². The predicted octanol–water partition coefficient (Wildman–Crippen LogP) is 3.95. The van der Waals surface area contributed by atoms with Gasteiger partial charge in [-0.2, -0.15) is 5.10 Å². The van der Waals surface area contributed by atoms with E-state index in [1.165, 1.54) is 5.56 Å². The Balaban J connectivity index is 1.60. The van der Waals surface area contributed by atoms with Gasteiger partial charge in [0.1, 0.15) is 0 Å². The summed E-state index contributed by atoms with van der Waals surface area (Å²) < 4.78 is 1.93. The zero-order valence-electron chi connectivity index (χ0n) is 13.9. The summed E-state index contributed by atoms with van der Waals surface area (Å²) in [6.07, 6.45) is 6.87. The molecule has 0 fully saturated rings. The normalized spacial score (nSPS) is 15.0. The number of hydrogen-bond acceptors (Lipinski definition) is 2. The second-order valence-electron chi connectivity index (χ2n) is 6.12. The van der Waals surface area contributed by atoms with Gasteiger partial charge in [-0.15, -0.1) is 0 Å². The number of para-hydroxylation sites is 1. The highest BCUT2D eigenvalue weighted by molar-refractivity contribution is 6.04. The van der Waals surface area contributed by atoms with Crippen molar-refractivity contribution in [1.29, 1.82) is 0 Å². The van der Waals surface area contributed by atoms with Crippen molar-refractivity contribution in [2.24, 2.45) is 5.10 Å². The van der Waals surface area contributed by atoms with Gasteiger partial charge >= 0.3 is 0 Å². The summed E-state index contributed by atoms with van der Waals surface area (Å²) in [4.78, 5) is 12.7. The van der Waals surface area contributed by atoms with Gasteiger partial charge in [0.05, 0.1) is 17.0 Å². The fourth-order valence-electron chi connectivity index (χ4n) is 3.28. The van der Waals surface area contributed by atoms with Crippen molar-refractivity contribution in [2.75, 3.05) is 0 Å². The van der Waals surface area contributed by atoms with Gasteiger partial charge in [-0.05, 0) is 49.1 Å². The van der Waals surface area contributed by atoms with Gasteiger partial charge in [-0.25, -0.2) is 5.43 Å². The van der Waals surface area contributed by atoms with Crippen LogP contribution in [0.1, 0.15) is 34.3 Å². The molecule has 25 heavy (non-hydrogen) atoms. The van der Waals surface area contributed by atoms with Crippen LogP contribution in [0.25, 0.3) is 5.69 Å². The van der Waals surface area contributed by atoms with Gasteiger partial charge in [-0.3, -0.25) is 4.79 Å². The Morgan fingerprint density at radius 3 is 2.56 bits per heavy atom. The molecule has 4 rings (SSSR count). The molecule has 4 nitrogen and oxygen atoms in total. The molecule has 0 saturated heterocycles. The second-order valence-corrected chi connectivity index (χ2v) is 6.12. The number of amides is 1. The lowest BCUT2D eigenvalue weighted by atomic mass is 9.90. The highest BCUT2D eigenvalue weighted by atomic mass is 16.2. The molecule has 1 N–H and O–H groups in total. The Bertz CT molecular complexity index is 926. The quantitative estimate of drug-likeness (QED) is 0.727. The maximum absolute atomic E-state index is 12.7. The monoisotopic (exact) mass is 329 g/mol. The third-order valence-corrected chi connectivity index (χ3v) is 4.51. The average Bonchev–Trinajstić information content (AvgIpc) is 3.21. The minimum absolute atomic E-state index is 0.195. The molecule has 1 aliphatic carbocycles. The molecule has 2 aromatic carbocycles. The van der Waals surface area contributed by atoms with E-state index in [-0.39, 0.29) is 5.91 Å². The summed E-state index contributed by atoms with van der Waals surface area (Å²) in [7, 11) is 0. The zero-order chi connectivity index (χ0) is 17.1. The van der Waals surface area contributed by atoms with Gasteiger partial charge in [-0.1, -0.05) is 36.4 Å². The minimum atomic E-state index is -0.195. The molecule has 1 aliphatic rings. The van der Waals surface area contributed by atoms with Crippen LogP contribution in [0.4, 0.5) is 0 Å². The highest BCUT2D eigenvalue weighted by Crippen LogP contribution is 2.21. The number of aromatic nitrogens is 1. The molecule has 0 saturated carbocycles. The van der Waals surface area contributed by atoms with Gasteiger partial charge < -0.3 is 4.57 Å². The molecule has 3 aromatic rings. The number of nitrogens with zero attached hydrogens (tertiary/aromatic N) is 2. The Labute approximate surface area is 146 Å². The third kappa shape index (κ3) is 3.11. The molecule has 0 spiro atoms. The summed E-state index contributed by atoms with van der Waals surface area (Å²) in [5, 5.41) is 4.43. The Kier molecular flexibility index (Phi) is 4.17. The summed E-state index contributed by atoms with van der Waals surface area (Å²) in [5.41, 5.74) is 7.59. The number of benzene rings is 2. The number of carbonyl (C=O) groups excluding carboxylic acids is 1. The minimum Gasteiger partial charge on any atom is -0.323 e. The first-order valence-corrected chi connectivity index (χ1v) is 8.50. The molecule has 1 aromatic heterocycles. The number of rotatable bonds is 3. The maximum atomic E-state index is 12.7. The van der Waals surface area contributed by atoms with Gasteiger partial charge in [0.15, 0.2) is 0 Å². The van der Waals surface area contributed by atoms with Crippen LogP contribution < -0.4 is 5.43 Å². The van der Waals surface area contributed by atoms with E-state index in [1.807, 2.05) is 65.5 Å². The van der Waals surface area contributed by atoms with E-state index in [1.54, 1.807) is 0 Å². The fourth-order valence-corrected chi connectivity index (χ4v) is 3.28. The SMILES string of the molecule is O=C(N/N=C1/CCCc2ccccc21)c1ccccc1-n1cccc1. The molecule has 1 heterocycles. The third-order valence-electron chi connectivity index (χ3n) is 4.51. The van der Waals surface area contributed by atoms with Crippen molar-refractivity contribution in [1.82, 2.24) is 9.99 Å². The Hall–Kier alpha value is -3.14. The first-order chi connectivity index (χ1) is 12.3. The van der Waals surface area contributed by atoms with Crippen LogP contribution in [0.3, 0.4) is 0 Å².